The quantitative estimate of drug-likeness (QED) is 0.777. The second-order valence-electron chi connectivity index (χ2n) is 4.61. The molecular weight excluding hydrogens is 268 g/mol. The lowest BCUT2D eigenvalue weighted by molar-refractivity contribution is 0.0698. The van der Waals surface area contributed by atoms with Crippen LogP contribution in [0.5, 0.6) is 0 Å². The maximum absolute atomic E-state index is 11.6. The van der Waals surface area contributed by atoms with E-state index in [0.29, 0.717) is 11.6 Å². The number of carbonyl (C=O) groups is 2. The molecule has 5 nitrogen and oxygen atoms in total. The number of halogens is 1. The minimum absolute atomic E-state index is 0.0155. The highest BCUT2D eigenvalue weighted by Crippen LogP contribution is 2.31. The minimum Gasteiger partial charge on any atom is -0.478 e. The van der Waals surface area contributed by atoms with Crippen LogP contribution >= 0.6 is 11.6 Å². The van der Waals surface area contributed by atoms with Crippen LogP contribution in [0.25, 0.3) is 0 Å². The van der Waals surface area contributed by atoms with Gasteiger partial charge in [0.2, 0.25) is 0 Å². The Balaban J connectivity index is 1.94. The normalized spacial score (nSPS) is 13.9. The van der Waals surface area contributed by atoms with E-state index in [1.807, 2.05) is 0 Å². The first-order valence-electron chi connectivity index (χ1n) is 6.14. The van der Waals surface area contributed by atoms with Crippen LogP contribution in [0.15, 0.2) is 18.2 Å². The lowest BCUT2D eigenvalue weighted by Crippen LogP contribution is -2.30. The molecule has 0 heterocycles. The Morgan fingerprint density at radius 2 is 2.11 bits per heavy atom. The summed E-state index contributed by atoms with van der Waals surface area (Å²) in [5.74, 6) is -0.369. The fourth-order valence-electron chi connectivity index (χ4n) is 1.77. The molecule has 2 rings (SSSR count). The third-order valence-corrected chi connectivity index (χ3v) is 3.23. The number of urea groups is 1. The van der Waals surface area contributed by atoms with Gasteiger partial charge in [0.1, 0.15) is 0 Å². The summed E-state index contributed by atoms with van der Waals surface area (Å²) in [5.41, 5.74) is 0.214. The molecule has 0 aliphatic heterocycles. The predicted molar refractivity (Wildman–Crippen MR) is 72.8 cm³/mol. The van der Waals surface area contributed by atoms with Crippen molar-refractivity contribution in [2.45, 2.75) is 19.3 Å². The molecule has 0 saturated heterocycles. The van der Waals surface area contributed by atoms with Gasteiger partial charge in [0.05, 0.1) is 11.3 Å². The van der Waals surface area contributed by atoms with Crippen LogP contribution in [0.3, 0.4) is 0 Å². The van der Waals surface area contributed by atoms with Gasteiger partial charge in [-0.15, -0.1) is 0 Å². The van der Waals surface area contributed by atoms with E-state index in [1.165, 1.54) is 31.0 Å². The Morgan fingerprint density at radius 3 is 2.74 bits per heavy atom. The summed E-state index contributed by atoms with van der Waals surface area (Å²) >= 11 is 5.79. The summed E-state index contributed by atoms with van der Waals surface area (Å²) in [5, 5.41) is 14.6. The van der Waals surface area contributed by atoms with Crippen molar-refractivity contribution in [2.24, 2.45) is 5.92 Å². The van der Waals surface area contributed by atoms with E-state index >= 15 is 0 Å². The van der Waals surface area contributed by atoms with Gasteiger partial charge in [-0.1, -0.05) is 24.4 Å². The van der Waals surface area contributed by atoms with Crippen molar-refractivity contribution < 1.29 is 14.7 Å². The molecule has 1 fully saturated rings. The van der Waals surface area contributed by atoms with Crippen LogP contribution in [0.4, 0.5) is 10.5 Å². The van der Waals surface area contributed by atoms with Crippen molar-refractivity contribution in [2.75, 3.05) is 11.9 Å². The standard InChI is InChI=1S/C13H15ClN2O3/c14-9-3-4-10(12(17)18)11(7-9)16-13(19)15-6-5-8-1-2-8/h3-4,7-8H,1-2,5-6H2,(H,17,18)(H2,15,16,19). The monoisotopic (exact) mass is 282 g/mol. The number of carboxylic acid groups (broad SMARTS) is 1. The Labute approximate surface area is 116 Å². The molecule has 0 spiro atoms. The van der Waals surface area contributed by atoms with Crippen molar-refractivity contribution in [3.05, 3.63) is 28.8 Å². The average Bonchev–Trinajstić information content (AvgIpc) is 3.12. The van der Waals surface area contributed by atoms with E-state index in [0.717, 1.165) is 12.3 Å². The number of anilines is 1. The smallest absolute Gasteiger partial charge is 0.337 e. The zero-order chi connectivity index (χ0) is 13.8. The van der Waals surface area contributed by atoms with E-state index in [2.05, 4.69) is 10.6 Å². The fraction of sp³-hybridized carbons (Fsp3) is 0.385. The second-order valence-corrected chi connectivity index (χ2v) is 5.04. The molecule has 2 amide bonds. The molecule has 0 radical (unpaired) electrons. The summed E-state index contributed by atoms with van der Waals surface area (Å²) < 4.78 is 0. The highest BCUT2D eigenvalue weighted by atomic mass is 35.5. The third-order valence-electron chi connectivity index (χ3n) is 3.00. The van der Waals surface area contributed by atoms with E-state index in [-0.39, 0.29) is 11.3 Å². The molecule has 0 atom stereocenters. The van der Waals surface area contributed by atoms with Gasteiger partial charge in [0.15, 0.2) is 0 Å². The number of amides is 2. The number of hydrogen-bond donors (Lipinski definition) is 3. The van der Waals surface area contributed by atoms with Crippen LogP contribution in [0.1, 0.15) is 29.6 Å². The van der Waals surface area contributed by atoms with Crippen molar-refractivity contribution in [3.8, 4) is 0 Å². The number of hydrogen-bond acceptors (Lipinski definition) is 2. The van der Waals surface area contributed by atoms with Crippen LogP contribution in [0.2, 0.25) is 5.02 Å². The molecule has 19 heavy (non-hydrogen) atoms. The number of benzene rings is 1. The zero-order valence-electron chi connectivity index (χ0n) is 10.3. The summed E-state index contributed by atoms with van der Waals surface area (Å²) in [4.78, 5) is 22.7. The van der Waals surface area contributed by atoms with E-state index < -0.39 is 12.0 Å². The summed E-state index contributed by atoms with van der Waals surface area (Å²) in [6.45, 7) is 0.597. The van der Waals surface area contributed by atoms with Crippen LogP contribution < -0.4 is 10.6 Å². The molecule has 102 valence electrons. The predicted octanol–water partition coefficient (Wildman–Crippen LogP) is 2.96. The first-order chi connectivity index (χ1) is 9.06. The largest absolute Gasteiger partial charge is 0.478 e. The third kappa shape index (κ3) is 4.13. The molecule has 0 unspecified atom stereocenters. The summed E-state index contributed by atoms with van der Waals surface area (Å²) in [6, 6.07) is 3.85. The molecule has 1 aromatic carbocycles. The SMILES string of the molecule is O=C(NCCC1CC1)Nc1cc(Cl)ccc1C(=O)O. The van der Waals surface area contributed by atoms with Gasteiger partial charge in [-0.2, -0.15) is 0 Å². The Kier molecular flexibility index (Phi) is 4.27. The fourth-order valence-corrected chi connectivity index (χ4v) is 1.94. The molecule has 1 aromatic rings. The lowest BCUT2D eigenvalue weighted by atomic mass is 10.2. The summed E-state index contributed by atoms with van der Waals surface area (Å²) in [7, 11) is 0. The number of nitrogens with one attached hydrogen (secondary N) is 2. The van der Waals surface area contributed by atoms with Crippen molar-refractivity contribution >= 4 is 29.3 Å². The molecule has 1 aliphatic carbocycles. The van der Waals surface area contributed by atoms with E-state index in [4.69, 9.17) is 16.7 Å². The van der Waals surface area contributed by atoms with Gasteiger partial charge < -0.3 is 15.7 Å². The van der Waals surface area contributed by atoms with Gasteiger partial charge in [0, 0.05) is 11.6 Å². The second kappa shape index (κ2) is 5.93. The molecule has 0 aromatic heterocycles. The Bertz CT molecular complexity index is 501. The molecular formula is C13H15ClN2O3. The van der Waals surface area contributed by atoms with E-state index in [1.54, 1.807) is 0 Å². The van der Waals surface area contributed by atoms with Gasteiger partial charge in [-0.05, 0) is 30.5 Å². The zero-order valence-corrected chi connectivity index (χ0v) is 11.0. The first kappa shape index (κ1) is 13.7. The van der Waals surface area contributed by atoms with Crippen LogP contribution in [0, 0.1) is 5.92 Å². The molecule has 3 N–H and O–H groups in total. The maximum Gasteiger partial charge on any atom is 0.337 e. The first-order valence-corrected chi connectivity index (χ1v) is 6.52. The number of carboxylic acids is 1. The maximum atomic E-state index is 11.6. The average molecular weight is 283 g/mol. The Hall–Kier alpha value is -1.75. The highest BCUT2D eigenvalue weighted by Gasteiger charge is 2.20. The number of carbonyl (C=O) groups excluding carboxylic acids is 1. The van der Waals surface area contributed by atoms with Crippen molar-refractivity contribution in [3.63, 3.8) is 0 Å². The van der Waals surface area contributed by atoms with Gasteiger partial charge in [0.25, 0.3) is 0 Å². The van der Waals surface area contributed by atoms with Gasteiger partial charge in [-0.3, -0.25) is 0 Å². The molecule has 1 saturated carbocycles. The lowest BCUT2D eigenvalue weighted by Gasteiger charge is -2.10. The summed E-state index contributed by atoms with van der Waals surface area (Å²) in [6.07, 6.45) is 3.44. The van der Waals surface area contributed by atoms with Crippen LogP contribution in [-0.2, 0) is 0 Å². The highest BCUT2D eigenvalue weighted by molar-refractivity contribution is 6.31. The van der Waals surface area contributed by atoms with Gasteiger partial charge >= 0.3 is 12.0 Å². The van der Waals surface area contributed by atoms with Crippen LogP contribution in [-0.4, -0.2) is 23.7 Å². The molecule has 0 bridgehead atoms. The number of aromatic carboxylic acids is 1. The van der Waals surface area contributed by atoms with Crippen molar-refractivity contribution in [1.29, 1.82) is 0 Å². The van der Waals surface area contributed by atoms with Gasteiger partial charge in [-0.25, -0.2) is 9.59 Å². The topological polar surface area (TPSA) is 78.4 Å². The van der Waals surface area contributed by atoms with E-state index in [9.17, 15) is 9.59 Å². The Morgan fingerprint density at radius 1 is 1.37 bits per heavy atom. The number of rotatable bonds is 5. The molecule has 1 aliphatic rings. The molecule has 6 heteroatoms. The minimum atomic E-state index is -1.11. The van der Waals surface area contributed by atoms with Crippen molar-refractivity contribution in [1.82, 2.24) is 5.32 Å².